The van der Waals surface area contributed by atoms with E-state index in [0.29, 0.717) is 18.0 Å². The van der Waals surface area contributed by atoms with Crippen LogP contribution in [0.25, 0.3) is 10.9 Å². The smallest absolute Gasteiger partial charge is 0.295 e. The molecule has 31 heavy (non-hydrogen) atoms. The van der Waals surface area contributed by atoms with Crippen molar-refractivity contribution < 1.29 is 4.74 Å². The Morgan fingerprint density at radius 1 is 1.35 bits per heavy atom. The minimum absolute atomic E-state index is 0.149. The fourth-order valence-corrected chi connectivity index (χ4v) is 4.31. The summed E-state index contributed by atoms with van der Waals surface area (Å²) in [5.74, 6) is 1.21. The molecule has 5 rings (SSSR count). The molecule has 0 saturated heterocycles. The Morgan fingerprint density at radius 3 is 2.97 bits per heavy atom. The molecule has 3 aromatic rings. The van der Waals surface area contributed by atoms with Gasteiger partial charge in [0, 0.05) is 24.3 Å². The molecule has 3 heterocycles. The molecule has 1 aliphatic heterocycles. The number of pyridine rings is 2. The first-order valence-corrected chi connectivity index (χ1v) is 10.8. The summed E-state index contributed by atoms with van der Waals surface area (Å²) in [7, 11) is 1.75. The van der Waals surface area contributed by atoms with E-state index < -0.39 is 0 Å². The monoisotopic (exact) mass is 435 g/mol. The molecular weight excluding hydrogens is 414 g/mol. The summed E-state index contributed by atoms with van der Waals surface area (Å²) < 4.78 is 7.54. The van der Waals surface area contributed by atoms with Gasteiger partial charge in [0.15, 0.2) is 0 Å². The van der Waals surface area contributed by atoms with Crippen LogP contribution >= 0.6 is 11.6 Å². The van der Waals surface area contributed by atoms with E-state index in [1.807, 2.05) is 18.2 Å². The van der Waals surface area contributed by atoms with Crippen LogP contribution in [0.5, 0.6) is 5.75 Å². The molecule has 1 unspecified atom stereocenters. The second-order valence-electron chi connectivity index (χ2n) is 8.23. The van der Waals surface area contributed by atoms with Crippen LogP contribution in [-0.4, -0.2) is 22.2 Å². The Balaban J connectivity index is 1.54. The highest BCUT2D eigenvalue weighted by Gasteiger charge is 2.28. The Labute approximate surface area is 184 Å². The number of nitrogens with one attached hydrogen (secondary N) is 2. The van der Waals surface area contributed by atoms with Gasteiger partial charge < -0.3 is 19.9 Å². The summed E-state index contributed by atoms with van der Waals surface area (Å²) in [6.45, 7) is 0.499. The van der Waals surface area contributed by atoms with Gasteiger partial charge in [0.05, 0.1) is 22.9 Å². The first kappa shape index (κ1) is 19.7. The Bertz CT molecular complexity index is 1280. The lowest BCUT2D eigenvalue weighted by Gasteiger charge is -2.29. The van der Waals surface area contributed by atoms with Crippen molar-refractivity contribution in [1.29, 1.82) is 5.26 Å². The SMILES string of the molecule is Cn1c(=O)c2c(c3cc(Nc4ccnc(Cl)c4C#N)ccc31)NC(CCC1CC1)CO2. The maximum atomic E-state index is 12.8. The van der Waals surface area contributed by atoms with Gasteiger partial charge in [-0.15, -0.1) is 0 Å². The van der Waals surface area contributed by atoms with E-state index in [0.717, 1.165) is 34.6 Å². The predicted molar refractivity (Wildman–Crippen MR) is 121 cm³/mol. The summed E-state index contributed by atoms with van der Waals surface area (Å²) >= 11 is 6.06. The van der Waals surface area contributed by atoms with Crippen molar-refractivity contribution in [3.63, 3.8) is 0 Å². The molecule has 8 heteroatoms. The molecule has 0 radical (unpaired) electrons. The molecule has 2 aliphatic rings. The number of nitriles is 1. The summed E-state index contributed by atoms with van der Waals surface area (Å²) in [5.41, 5.74) is 3.03. The van der Waals surface area contributed by atoms with Crippen LogP contribution in [0, 0.1) is 17.2 Å². The van der Waals surface area contributed by atoms with Crippen LogP contribution < -0.4 is 20.9 Å². The first-order valence-electron chi connectivity index (χ1n) is 10.4. The van der Waals surface area contributed by atoms with E-state index >= 15 is 0 Å². The normalized spacial score (nSPS) is 17.4. The van der Waals surface area contributed by atoms with Crippen molar-refractivity contribution in [2.24, 2.45) is 13.0 Å². The lowest BCUT2D eigenvalue weighted by molar-refractivity contribution is 0.271. The number of halogens is 1. The third kappa shape index (κ3) is 3.68. The Hall–Kier alpha value is -3.24. The van der Waals surface area contributed by atoms with Gasteiger partial charge in [0.2, 0.25) is 5.75 Å². The third-order valence-corrected chi connectivity index (χ3v) is 6.33. The lowest BCUT2D eigenvalue weighted by atomic mass is 10.1. The minimum Gasteiger partial charge on any atom is -0.484 e. The average molecular weight is 436 g/mol. The second-order valence-corrected chi connectivity index (χ2v) is 8.59. The minimum atomic E-state index is -0.149. The van der Waals surface area contributed by atoms with E-state index in [2.05, 4.69) is 21.7 Å². The molecule has 7 nitrogen and oxygen atoms in total. The molecule has 1 aliphatic carbocycles. The topological polar surface area (TPSA) is 92.0 Å². The third-order valence-electron chi connectivity index (χ3n) is 6.05. The van der Waals surface area contributed by atoms with Gasteiger partial charge in [0.25, 0.3) is 5.56 Å². The van der Waals surface area contributed by atoms with Crippen LogP contribution in [0.2, 0.25) is 5.15 Å². The number of aromatic nitrogens is 2. The number of nitrogens with zero attached hydrogens (tertiary/aromatic N) is 3. The molecule has 158 valence electrons. The zero-order chi connectivity index (χ0) is 21.5. The van der Waals surface area contributed by atoms with Crippen LogP contribution in [0.15, 0.2) is 35.3 Å². The molecule has 1 atom stereocenters. The highest BCUT2D eigenvalue weighted by Crippen LogP contribution is 2.38. The summed E-state index contributed by atoms with van der Waals surface area (Å²) in [6.07, 6.45) is 6.42. The van der Waals surface area contributed by atoms with Gasteiger partial charge in [-0.05, 0) is 43.0 Å². The number of rotatable bonds is 5. The maximum Gasteiger partial charge on any atom is 0.295 e. The number of anilines is 3. The highest BCUT2D eigenvalue weighted by atomic mass is 35.5. The van der Waals surface area contributed by atoms with Gasteiger partial charge in [0.1, 0.15) is 23.4 Å². The zero-order valence-corrected chi connectivity index (χ0v) is 17.9. The predicted octanol–water partition coefficient (Wildman–Crippen LogP) is 4.57. The number of aryl methyl sites for hydroxylation is 1. The summed E-state index contributed by atoms with van der Waals surface area (Å²) in [5, 5.41) is 17.3. The quantitative estimate of drug-likeness (QED) is 0.570. The number of ether oxygens (including phenoxy) is 1. The van der Waals surface area contributed by atoms with Crippen LogP contribution in [0.1, 0.15) is 31.2 Å². The average Bonchev–Trinajstić information content (AvgIpc) is 3.61. The van der Waals surface area contributed by atoms with Crippen molar-refractivity contribution >= 4 is 39.6 Å². The lowest BCUT2D eigenvalue weighted by Crippen LogP contribution is -2.35. The molecule has 1 fully saturated rings. The van der Waals surface area contributed by atoms with E-state index in [9.17, 15) is 10.1 Å². The molecule has 0 amide bonds. The Kier molecular flexibility index (Phi) is 4.95. The number of fused-ring (bicyclic) bond motifs is 3. The zero-order valence-electron chi connectivity index (χ0n) is 17.1. The molecule has 0 spiro atoms. The van der Waals surface area contributed by atoms with Crippen LogP contribution in [0.4, 0.5) is 17.1 Å². The molecule has 1 saturated carbocycles. The fourth-order valence-electron chi connectivity index (χ4n) is 4.11. The van der Waals surface area contributed by atoms with Gasteiger partial charge >= 0.3 is 0 Å². The summed E-state index contributed by atoms with van der Waals surface area (Å²) in [4.78, 5) is 16.8. The fraction of sp³-hybridized carbons (Fsp3) is 0.348. The van der Waals surface area contributed by atoms with E-state index in [1.54, 1.807) is 23.9 Å². The summed E-state index contributed by atoms with van der Waals surface area (Å²) in [6, 6.07) is 9.71. The number of hydrogen-bond acceptors (Lipinski definition) is 6. The maximum absolute atomic E-state index is 12.8. The van der Waals surface area contributed by atoms with Crippen molar-refractivity contribution in [2.45, 2.75) is 31.7 Å². The highest BCUT2D eigenvalue weighted by molar-refractivity contribution is 6.31. The van der Waals surface area contributed by atoms with E-state index in [4.69, 9.17) is 16.3 Å². The molecule has 0 bridgehead atoms. The molecule has 2 aromatic heterocycles. The van der Waals surface area contributed by atoms with E-state index in [-0.39, 0.29) is 22.3 Å². The molecular formula is C23H22ClN5O2. The van der Waals surface area contributed by atoms with E-state index in [1.165, 1.54) is 19.3 Å². The standard InChI is InChI=1S/C23H22ClN5O2/c1-29-19-7-6-14(27-18-8-9-26-22(24)17(18)11-25)10-16(19)20-21(23(29)30)31-12-15(28-20)5-4-13-2-3-13/h6-10,13,15,28H,2-5,12H2,1H3,(H,26,27). The van der Waals surface area contributed by atoms with Crippen LogP contribution in [0.3, 0.4) is 0 Å². The number of hydrogen-bond donors (Lipinski definition) is 2. The van der Waals surface area contributed by atoms with Gasteiger partial charge in [-0.25, -0.2) is 4.98 Å². The van der Waals surface area contributed by atoms with Gasteiger partial charge in [-0.1, -0.05) is 24.4 Å². The van der Waals surface area contributed by atoms with Crippen molar-refractivity contribution in [2.75, 3.05) is 17.2 Å². The number of benzene rings is 1. The Morgan fingerprint density at radius 2 is 2.19 bits per heavy atom. The first-order chi connectivity index (χ1) is 15.0. The van der Waals surface area contributed by atoms with Gasteiger partial charge in [-0.3, -0.25) is 4.79 Å². The van der Waals surface area contributed by atoms with Crippen molar-refractivity contribution in [3.05, 3.63) is 51.5 Å². The second kappa shape index (κ2) is 7.78. The van der Waals surface area contributed by atoms with Crippen molar-refractivity contribution in [3.8, 4) is 11.8 Å². The van der Waals surface area contributed by atoms with Crippen molar-refractivity contribution in [1.82, 2.24) is 9.55 Å². The van der Waals surface area contributed by atoms with Gasteiger partial charge in [-0.2, -0.15) is 5.26 Å². The molecule has 1 aromatic carbocycles. The van der Waals surface area contributed by atoms with Crippen LogP contribution in [-0.2, 0) is 7.05 Å². The molecule has 2 N–H and O–H groups in total. The largest absolute Gasteiger partial charge is 0.484 e.